The number of carbonyl (C=O) groups is 1. The Kier molecular flexibility index (Phi) is 6.79. The number of ether oxygens (including phenoxy) is 2. The van der Waals surface area contributed by atoms with Gasteiger partial charge >= 0.3 is 6.18 Å². The molecule has 36 heavy (non-hydrogen) atoms. The van der Waals surface area contributed by atoms with Crippen molar-refractivity contribution in [3.63, 3.8) is 0 Å². The van der Waals surface area contributed by atoms with Crippen molar-refractivity contribution in [1.82, 2.24) is 0 Å². The predicted octanol–water partition coefficient (Wildman–Crippen LogP) is 7.49. The number of hydrogen-bond acceptors (Lipinski definition) is 4. The van der Waals surface area contributed by atoms with Crippen molar-refractivity contribution in [3.8, 4) is 22.6 Å². The minimum Gasteiger partial charge on any atom is -0.496 e. The SMILES string of the molecule is COc1ccccc1-c1coc2c(C)c(OC)c(/C(C)=C/C(=O)Nc3cccc(C(F)(F)F)c3)cc12. The fourth-order valence-electron chi connectivity index (χ4n) is 4.17. The summed E-state index contributed by atoms with van der Waals surface area (Å²) in [6.45, 7) is 3.59. The minimum atomic E-state index is -4.50. The Balaban J connectivity index is 1.74. The van der Waals surface area contributed by atoms with Gasteiger partial charge in [0.1, 0.15) is 17.1 Å². The van der Waals surface area contributed by atoms with E-state index in [0.717, 1.165) is 34.2 Å². The standard InChI is InChI=1S/C28H24F3NO4/c1-16(12-25(33)32-19-9-7-8-18(13-19)28(29,30)31)21-14-22-23(20-10-5-6-11-24(20)34-3)15-36-27(22)17(2)26(21)35-4/h5-15H,1-4H3,(H,32,33)/b16-12+. The molecule has 3 aromatic carbocycles. The summed E-state index contributed by atoms with van der Waals surface area (Å²) in [6.07, 6.45) is -1.53. The maximum Gasteiger partial charge on any atom is 0.416 e. The number of carbonyl (C=O) groups excluding carboxylic acids is 1. The van der Waals surface area contributed by atoms with Crippen molar-refractivity contribution in [2.45, 2.75) is 20.0 Å². The van der Waals surface area contributed by atoms with E-state index in [0.29, 0.717) is 28.2 Å². The molecule has 0 saturated carbocycles. The number of benzene rings is 3. The second-order valence-electron chi connectivity index (χ2n) is 8.20. The predicted molar refractivity (Wildman–Crippen MR) is 133 cm³/mol. The summed E-state index contributed by atoms with van der Waals surface area (Å²) in [7, 11) is 3.12. The number of methoxy groups -OCH3 is 2. The molecular formula is C28H24F3NO4. The summed E-state index contributed by atoms with van der Waals surface area (Å²) in [5.41, 5.74) is 3.47. The molecule has 0 aliphatic rings. The Morgan fingerprint density at radius 1 is 1.00 bits per heavy atom. The smallest absolute Gasteiger partial charge is 0.416 e. The van der Waals surface area contributed by atoms with E-state index in [9.17, 15) is 18.0 Å². The third-order valence-electron chi connectivity index (χ3n) is 5.88. The fraction of sp³-hybridized carbons (Fsp3) is 0.179. The monoisotopic (exact) mass is 495 g/mol. The van der Waals surface area contributed by atoms with Gasteiger partial charge in [-0.05, 0) is 49.8 Å². The maximum atomic E-state index is 13.0. The van der Waals surface area contributed by atoms with Crippen molar-refractivity contribution in [2.75, 3.05) is 19.5 Å². The number of amides is 1. The Labute approximate surface area is 206 Å². The van der Waals surface area contributed by atoms with E-state index >= 15 is 0 Å². The molecule has 186 valence electrons. The average molecular weight is 495 g/mol. The van der Waals surface area contributed by atoms with Gasteiger partial charge < -0.3 is 19.2 Å². The summed E-state index contributed by atoms with van der Waals surface area (Å²) >= 11 is 0. The molecule has 4 aromatic rings. The molecule has 1 aromatic heterocycles. The largest absolute Gasteiger partial charge is 0.496 e. The molecule has 4 rings (SSSR count). The number of para-hydroxylation sites is 1. The average Bonchev–Trinajstić information content (AvgIpc) is 3.27. The van der Waals surface area contributed by atoms with Crippen LogP contribution in [0.25, 0.3) is 27.7 Å². The van der Waals surface area contributed by atoms with Gasteiger partial charge in [0, 0.05) is 39.4 Å². The third-order valence-corrected chi connectivity index (χ3v) is 5.88. The molecule has 8 heteroatoms. The van der Waals surface area contributed by atoms with Crippen molar-refractivity contribution in [1.29, 1.82) is 0 Å². The van der Waals surface area contributed by atoms with Crippen molar-refractivity contribution in [2.24, 2.45) is 0 Å². The van der Waals surface area contributed by atoms with Gasteiger partial charge in [0.25, 0.3) is 0 Å². The van der Waals surface area contributed by atoms with E-state index < -0.39 is 17.6 Å². The first-order valence-corrected chi connectivity index (χ1v) is 11.0. The number of anilines is 1. The van der Waals surface area contributed by atoms with Crippen LogP contribution in [-0.2, 0) is 11.0 Å². The number of halogens is 3. The van der Waals surface area contributed by atoms with Gasteiger partial charge in [0.15, 0.2) is 0 Å². The van der Waals surface area contributed by atoms with Crippen LogP contribution >= 0.6 is 0 Å². The zero-order chi connectivity index (χ0) is 26.0. The first kappa shape index (κ1) is 24.9. The van der Waals surface area contributed by atoms with Gasteiger partial charge in [0.2, 0.25) is 5.91 Å². The molecule has 0 fully saturated rings. The number of rotatable bonds is 6. The summed E-state index contributed by atoms with van der Waals surface area (Å²) in [5, 5.41) is 3.30. The zero-order valence-corrected chi connectivity index (χ0v) is 20.1. The van der Waals surface area contributed by atoms with E-state index in [4.69, 9.17) is 13.9 Å². The lowest BCUT2D eigenvalue weighted by atomic mass is 9.96. The van der Waals surface area contributed by atoms with Crippen LogP contribution in [0.4, 0.5) is 18.9 Å². The molecule has 0 unspecified atom stereocenters. The Hall–Kier alpha value is -4.20. The quantitative estimate of drug-likeness (QED) is 0.282. The second-order valence-corrected chi connectivity index (χ2v) is 8.20. The highest BCUT2D eigenvalue weighted by Gasteiger charge is 2.30. The fourth-order valence-corrected chi connectivity index (χ4v) is 4.17. The van der Waals surface area contributed by atoms with Crippen molar-refractivity contribution < 1.29 is 31.9 Å². The Bertz CT molecular complexity index is 1470. The lowest BCUT2D eigenvalue weighted by Crippen LogP contribution is -2.11. The first-order chi connectivity index (χ1) is 17.1. The van der Waals surface area contributed by atoms with E-state index in [1.54, 1.807) is 20.3 Å². The van der Waals surface area contributed by atoms with E-state index in [1.807, 2.05) is 37.3 Å². The molecule has 0 bridgehead atoms. The number of alkyl halides is 3. The summed E-state index contributed by atoms with van der Waals surface area (Å²) in [6, 6.07) is 13.9. The molecule has 1 N–H and O–H groups in total. The Morgan fingerprint density at radius 2 is 1.75 bits per heavy atom. The lowest BCUT2D eigenvalue weighted by molar-refractivity contribution is -0.137. The number of hydrogen-bond donors (Lipinski definition) is 1. The van der Waals surface area contributed by atoms with Crippen LogP contribution in [0.2, 0.25) is 0 Å². The van der Waals surface area contributed by atoms with Crippen LogP contribution in [0.15, 0.2) is 71.4 Å². The molecule has 0 aliphatic carbocycles. The van der Waals surface area contributed by atoms with Crippen molar-refractivity contribution in [3.05, 3.63) is 83.6 Å². The minimum absolute atomic E-state index is 0.0470. The molecule has 1 heterocycles. The first-order valence-electron chi connectivity index (χ1n) is 11.0. The molecular weight excluding hydrogens is 471 g/mol. The highest BCUT2D eigenvalue weighted by atomic mass is 19.4. The third kappa shape index (κ3) is 4.79. The van der Waals surface area contributed by atoms with Gasteiger partial charge in [-0.3, -0.25) is 4.79 Å². The number of fused-ring (bicyclic) bond motifs is 1. The number of allylic oxidation sites excluding steroid dienone is 1. The summed E-state index contributed by atoms with van der Waals surface area (Å²) < 4.78 is 56.1. The van der Waals surface area contributed by atoms with Gasteiger partial charge in [-0.2, -0.15) is 13.2 Å². The molecule has 0 radical (unpaired) electrons. The van der Waals surface area contributed by atoms with Crippen LogP contribution < -0.4 is 14.8 Å². The normalized spacial score (nSPS) is 12.0. The van der Waals surface area contributed by atoms with Crippen LogP contribution in [0, 0.1) is 6.92 Å². The molecule has 0 aliphatic heterocycles. The number of aryl methyl sites for hydroxylation is 1. The van der Waals surface area contributed by atoms with E-state index in [2.05, 4.69) is 5.32 Å². The number of nitrogens with one attached hydrogen (secondary N) is 1. The van der Waals surface area contributed by atoms with Crippen LogP contribution in [0.1, 0.15) is 23.6 Å². The van der Waals surface area contributed by atoms with Gasteiger partial charge in [-0.25, -0.2) is 0 Å². The van der Waals surface area contributed by atoms with E-state index in [-0.39, 0.29) is 5.69 Å². The van der Waals surface area contributed by atoms with Gasteiger partial charge in [0.05, 0.1) is 26.0 Å². The lowest BCUT2D eigenvalue weighted by Gasteiger charge is -2.14. The zero-order valence-electron chi connectivity index (χ0n) is 20.1. The molecule has 0 atom stereocenters. The number of furan rings is 1. The van der Waals surface area contributed by atoms with Gasteiger partial charge in [-0.1, -0.05) is 24.3 Å². The molecule has 1 amide bonds. The second kappa shape index (κ2) is 9.81. The topological polar surface area (TPSA) is 60.7 Å². The van der Waals surface area contributed by atoms with Crippen molar-refractivity contribution >= 4 is 28.1 Å². The van der Waals surface area contributed by atoms with E-state index in [1.165, 1.54) is 25.3 Å². The summed E-state index contributed by atoms with van der Waals surface area (Å²) in [4.78, 5) is 12.7. The molecule has 0 saturated heterocycles. The van der Waals surface area contributed by atoms with Crippen LogP contribution in [0.3, 0.4) is 0 Å². The highest BCUT2D eigenvalue weighted by Crippen LogP contribution is 2.42. The van der Waals surface area contributed by atoms with Gasteiger partial charge in [-0.15, -0.1) is 0 Å². The molecule has 5 nitrogen and oxygen atoms in total. The van der Waals surface area contributed by atoms with Crippen LogP contribution in [0.5, 0.6) is 11.5 Å². The maximum absolute atomic E-state index is 13.0. The Morgan fingerprint density at radius 3 is 2.44 bits per heavy atom. The molecule has 0 spiro atoms. The van der Waals surface area contributed by atoms with Crippen LogP contribution in [-0.4, -0.2) is 20.1 Å². The highest BCUT2D eigenvalue weighted by molar-refractivity contribution is 6.06. The summed E-state index contributed by atoms with van der Waals surface area (Å²) in [5.74, 6) is 0.649.